The fraction of sp³-hybridized carbons (Fsp3) is 0.312. The Bertz CT molecular complexity index is 672. The highest BCUT2D eigenvalue weighted by molar-refractivity contribution is 14.0. The Morgan fingerprint density at radius 1 is 1.39 bits per heavy atom. The van der Waals surface area contributed by atoms with Gasteiger partial charge >= 0.3 is 0 Å². The number of aryl methyl sites for hydroxylation is 1. The number of nitrogens with one attached hydrogen (secondary N) is 1. The van der Waals surface area contributed by atoms with Gasteiger partial charge < -0.3 is 14.8 Å². The van der Waals surface area contributed by atoms with Crippen LogP contribution in [0.25, 0.3) is 0 Å². The molecule has 0 spiro atoms. The van der Waals surface area contributed by atoms with E-state index in [1.807, 2.05) is 41.9 Å². The number of aromatic nitrogens is 1. The van der Waals surface area contributed by atoms with E-state index in [4.69, 9.17) is 11.6 Å². The summed E-state index contributed by atoms with van der Waals surface area (Å²) in [5.41, 5.74) is 1.96. The van der Waals surface area contributed by atoms with Crippen molar-refractivity contribution in [2.75, 3.05) is 14.1 Å². The maximum atomic E-state index is 13.2. The second kappa shape index (κ2) is 9.12. The zero-order valence-corrected chi connectivity index (χ0v) is 16.5. The minimum absolute atomic E-state index is 0. The van der Waals surface area contributed by atoms with Gasteiger partial charge in [0.2, 0.25) is 0 Å². The molecule has 0 unspecified atom stereocenters. The molecule has 2 rings (SSSR count). The lowest BCUT2D eigenvalue weighted by Crippen LogP contribution is -2.38. The number of guanidine groups is 1. The summed E-state index contributed by atoms with van der Waals surface area (Å²) in [6.07, 6.45) is 1.87. The molecule has 2 aromatic rings. The summed E-state index contributed by atoms with van der Waals surface area (Å²) in [5.74, 6) is 0.502. The normalized spacial score (nSPS) is 11.1. The molecular weight excluding hydrogens is 430 g/mol. The highest BCUT2D eigenvalue weighted by Crippen LogP contribution is 2.14. The van der Waals surface area contributed by atoms with Crippen molar-refractivity contribution in [2.45, 2.75) is 13.1 Å². The van der Waals surface area contributed by atoms with Crippen LogP contribution in [-0.4, -0.2) is 29.5 Å². The van der Waals surface area contributed by atoms with E-state index in [-0.39, 0.29) is 29.8 Å². The number of nitrogens with zero attached hydrogens (tertiary/aromatic N) is 3. The molecule has 0 fully saturated rings. The van der Waals surface area contributed by atoms with Gasteiger partial charge in [-0.3, -0.25) is 4.99 Å². The van der Waals surface area contributed by atoms with Crippen LogP contribution in [0, 0.1) is 5.82 Å². The van der Waals surface area contributed by atoms with Crippen LogP contribution in [0.2, 0.25) is 5.02 Å². The first-order valence-corrected chi connectivity index (χ1v) is 7.34. The molecule has 0 saturated heterocycles. The second-order valence-electron chi connectivity index (χ2n) is 5.15. The van der Waals surface area contributed by atoms with Gasteiger partial charge in [0.05, 0.1) is 11.6 Å². The van der Waals surface area contributed by atoms with Crippen molar-refractivity contribution in [1.82, 2.24) is 14.8 Å². The van der Waals surface area contributed by atoms with Gasteiger partial charge in [0.25, 0.3) is 0 Å². The Morgan fingerprint density at radius 2 is 2.13 bits per heavy atom. The molecule has 0 aliphatic heterocycles. The third-order valence-electron chi connectivity index (χ3n) is 3.39. The van der Waals surface area contributed by atoms with Crippen LogP contribution in [-0.2, 0) is 20.1 Å². The highest BCUT2D eigenvalue weighted by atomic mass is 127. The SMILES string of the molecule is CN=C(NCc1cccc(F)c1)N(C)Cc1cc(Cl)cn1C.I. The van der Waals surface area contributed by atoms with Gasteiger partial charge in [0.15, 0.2) is 5.96 Å². The fourth-order valence-corrected chi connectivity index (χ4v) is 2.53. The van der Waals surface area contributed by atoms with E-state index < -0.39 is 0 Å². The third-order valence-corrected chi connectivity index (χ3v) is 3.59. The Morgan fingerprint density at radius 3 is 2.70 bits per heavy atom. The summed E-state index contributed by atoms with van der Waals surface area (Å²) in [4.78, 5) is 6.24. The molecular formula is C16H21ClFIN4. The van der Waals surface area contributed by atoms with Crippen molar-refractivity contribution in [3.8, 4) is 0 Å². The van der Waals surface area contributed by atoms with Crippen LogP contribution in [0.3, 0.4) is 0 Å². The second-order valence-corrected chi connectivity index (χ2v) is 5.58. The van der Waals surface area contributed by atoms with E-state index in [0.717, 1.165) is 17.2 Å². The van der Waals surface area contributed by atoms with E-state index in [0.29, 0.717) is 18.1 Å². The van der Waals surface area contributed by atoms with Gasteiger partial charge in [-0.15, -0.1) is 24.0 Å². The van der Waals surface area contributed by atoms with Crippen molar-refractivity contribution in [3.05, 3.63) is 58.6 Å². The highest BCUT2D eigenvalue weighted by Gasteiger charge is 2.09. The van der Waals surface area contributed by atoms with Crippen molar-refractivity contribution in [3.63, 3.8) is 0 Å². The molecule has 0 aliphatic rings. The Balaban J connectivity index is 0.00000264. The molecule has 1 aromatic carbocycles. The number of rotatable bonds is 4. The maximum absolute atomic E-state index is 13.2. The molecule has 0 saturated carbocycles. The van der Waals surface area contributed by atoms with E-state index in [1.165, 1.54) is 12.1 Å². The first-order valence-electron chi connectivity index (χ1n) is 6.96. The number of benzene rings is 1. The molecule has 1 N–H and O–H groups in total. The monoisotopic (exact) mass is 450 g/mol. The van der Waals surface area contributed by atoms with E-state index in [1.54, 1.807) is 13.1 Å². The molecule has 4 nitrogen and oxygen atoms in total. The molecule has 126 valence electrons. The van der Waals surface area contributed by atoms with Gasteiger partial charge in [-0.05, 0) is 23.8 Å². The lowest BCUT2D eigenvalue weighted by molar-refractivity contribution is 0.461. The lowest BCUT2D eigenvalue weighted by atomic mass is 10.2. The molecule has 1 heterocycles. The van der Waals surface area contributed by atoms with E-state index >= 15 is 0 Å². The van der Waals surface area contributed by atoms with Gasteiger partial charge in [0.1, 0.15) is 5.82 Å². The lowest BCUT2D eigenvalue weighted by Gasteiger charge is -2.22. The van der Waals surface area contributed by atoms with Crippen molar-refractivity contribution in [2.24, 2.45) is 12.0 Å². The Labute approximate surface area is 158 Å². The Hall–Kier alpha value is -1.28. The predicted molar refractivity (Wildman–Crippen MR) is 104 cm³/mol. The molecule has 7 heteroatoms. The zero-order valence-electron chi connectivity index (χ0n) is 13.4. The largest absolute Gasteiger partial charge is 0.352 e. The molecule has 0 bridgehead atoms. The van der Waals surface area contributed by atoms with Gasteiger partial charge in [-0.1, -0.05) is 23.7 Å². The number of halogens is 3. The van der Waals surface area contributed by atoms with Crippen LogP contribution >= 0.6 is 35.6 Å². The number of aliphatic imine (C=N–C) groups is 1. The van der Waals surface area contributed by atoms with Crippen LogP contribution in [0.4, 0.5) is 4.39 Å². The van der Waals surface area contributed by atoms with Crippen LogP contribution in [0.15, 0.2) is 41.5 Å². The zero-order chi connectivity index (χ0) is 16.1. The number of hydrogen-bond donors (Lipinski definition) is 1. The van der Waals surface area contributed by atoms with Crippen molar-refractivity contribution >= 4 is 41.5 Å². The molecule has 0 atom stereocenters. The maximum Gasteiger partial charge on any atom is 0.194 e. The molecule has 0 aliphatic carbocycles. The van der Waals surface area contributed by atoms with Crippen molar-refractivity contribution < 1.29 is 4.39 Å². The van der Waals surface area contributed by atoms with Gasteiger partial charge in [0, 0.05) is 39.6 Å². The summed E-state index contributed by atoms with van der Waals surface area (Å²) >= 11 is 6.00. The summed E-state index contributed by atoms with van der Waals surface area (Å²) in [7, 11) is 5.63. The van der Waals surface area contributed by atoms with E-state index in [9.17, 15) is 4.39 Å². The average Bonchev–Trinajstić information content (AvgIpc) is 2.77. The summed E-state index contributed by atoms with van der Waals surface area (Å²) in [5, 5.41) is 3.94. The Kier molecular flexibility index (Phi) is 7.84. The number of hydrogen-bond acceptors (Lipinski definition) is 1. The van der Waals surface area contributed by atoms with Crippen molar-refractivity contribution in [1.29, 1.82) is 0 Å². The molecule has 0 radical (unpaired) electrons. The van der Waals surface area contributed by atoms with E-state index in [2.05, 4.69) is 10.3 Å². The molecule has 1 aromatic heterocycles. The predicted octanol–water partition coefficient (Wildman–Crippen LogP) is 3.64. The smallest absolute Gasteiger partial charge is 0.194 e. The van der Waals surface area contributed by atoms with Crippen LogP contribution < -0.4 is 5.32 Å². The summed E-state index contributed by atoms with van der Waals surface area (Å²) < 4.78 is 15.2. The van der Waals surface area contributed by atoms with Crippen LogP contribution in [0.1, 0.15) is 11.3 Å². The van der Waals surface area contributed by atoms with Crippen LogP contribution in [0.5, 0.6) is 0 Å². The first kappa shape index (κ1) is 19.8. The standard InChI is InChI=1S/C16H20ClFN4.HI/c1-19-16(20-9-12-5-4-6-14(18)7-12)22(3)11-15-8-13(17)10-21(15)2;/h4-8,10H,9,11H2,1-3H3,(H,19,20);1H. The van der Waals surface area contributed by atoms with Gasteiger partial charge in [-0.25, -0.2) is 4.39 Å². The van der Waals surface area contributed by atoms with Gasteiger partial charge in [-0.2, -0.15) is 0 Å². The quantitative estimate of drug-likeness (QED) is 0.438. The fourth-order valence-electron chi connectivity index (χ4n) is 2.25. The minimum Gasteiger partial charge on any atom is -0.352 e. The minimum atomic E-state index is -0.235. The first-order chi connectivity index (χ1) is 10.5. The third kappa shape index (κ3) is 5.69. The topological polar surface area (TPSA) is 32.6 Å². The molecule has 0 amide bonds. The average molecular weight is 451 g/mol. The summed E-state index contributed by atoms with van der Waals surface area (Å²) in [6.45, 7) is 1.19. The summed E-state index contributed by atoms with van der Waals surface area (Å²) in [6, 6.07) is 8.45. The molecule has 23 heavy (non-hydrogen) atoms.